The molecule has 2 aliphatic rings. The van der Waals surface area contributed by atoms with Gasteiger partial charge in [0.25, 0.3) is 5.91 Å². The number of hydrogen-bond donors (Lipinski definition) is 1. The summed E-state index contributed by atoms with van der Waals surface area (Å²) in [6.07, 6.45) is 5.62. The summed E-state index contributed by atoms with van der Waals surface area (Å²) in [5.74, 6) is 1.83. The molecule has 1 atom stereocenters. The van der Waals surface area contributed by atoms with Crippen molar-refractivity contribution in [2.24, 2.45) is 17.6 Å². The zero-order valence-corrected chi connectivity index (χ0v) is 14.2. The summed E-state index contributed by atoms with van der Waals surface area (Å²) in [5.41, 5.74) is 6.07. The summed E-state index contributed by atoms with van der Waals surface area (Å²) in [6.45, 7) is 8.79. The van der Waals surface area contributed by atoms with E-state index in [1.54, 1.807) is 18.3 Å². The third-order valence-corrected chi connectivity index (χ3v) is 5.06. The molecular formula is C18H28N4O. The molecule has 1 aliphatic carbocycles. The molecule has 0 unspecified atom stereocenters. The molecule has 0 bridgehead atoms. The van der Waals surface area contributed by atoms with E-state index in [-0.39, 0.29) is 0 Å². The number of carbonyl (C=O) groups is 1. The highest BCUT2D eigenvalue weighted by atomic mass is 16.1. The first-order valence-corrected chi connectivity index (χ1v) is 8.80. The molecule has 5 nitrogen and oxygen atoms in total. The predicted octanol–water partition coefficient (Wildman–Crippen LogP) is 2.13. The monoisotopic (exact) mass is 316 g/mol. The number of aromatic nitrogens is 1. The highest BCUT2D eigenvalue weighted by molar-refractivity contribution is 5.97. The van der Waals surface area contributed by atoms with E-state index in [4.69, 9.17) is 5.73 Å². The smallest absolute Gasteiger partial charge is 0.252 e. The van der Waals surface area contributed by atoms with Crippen molar-refractivity contribution in [3.8, 4) is 0 Å². The van der Waals surface area contributed by atoms with Crippen LogP contribution in [0.5, 0.6) is 0 Å². The fourth-order valence-corrected chi connectivity index (χ4v) is 3.59. The van der Waals surface area contributed by atoms with E-state index in [1.165, 1.54) is 19.4 Å². The van der Waals surface area contributed by atoms with E-state index in [0.717, 1.165) is 37.8 Å². The van der Waals surface area contributed by atoms with Crippen LogP contribution < -0.4 is 10.6 Å². The highest BCUT2D eigenvalue weighted by Crippen LogP contribution is 2.32. The number of hydrogen-bond acceptors (Lipinski definition) is 4. The van der Waals surface area contributed by atoms with Crippen LogP contribution in [0.15, 0.2) is 18.3 Å². The quantitative estimate of drug-likeness (QED) is 0.904. The molecule has 126 valence electrons. The van der Waals surface area contributed by atoms with E-state index in [0.29, 0.717) is 17.5 Å². The Morgan fingerprint density at radius 2 is 2.17 bits per heavy atom. The Morgan fingerprint density at radius 1 is 1.39 bits per heavy atom. The molecule has 0 radical (unpaired) electrons. The maximum atomic E-state index is 11.7. The van der Waals surface area contributed by atoms with Crippen LogP contribution in [0.1, 0.15) is 43.5 Å². The Balaban J connectivity index is 1.82. The molecule has 1 saturated heterocycles. The summed E-state index contributed by atoms with van der Waals surface area (Å²) in [4.78, 5) is 21.1. The van der Waals surface area contributed by atoms with Crippen molar-refractivity contribution < 1.29 is 4.79 Å². The van der Waals surface area contributed by atoms with E-state index >= 15 is 0 Å². The average molecular weight is 316 g/mol. The van der Waals surface area contributed by atoms with Crippen LogP contribution in [0.25, 0.3) is 0 Å². The molecule has 0 aromatic carbocycles. The highest BCUT2D eigenvalue weighted by Gasteiger charge is 2.33. The fourth-order valence-electron chi connectivity index (χ4n) is 3.59. The minimum Gasteiger partial charge on any atom is -0.365 e. The Bertz CT molecular complexity index is 556. The first-order valence-electron chi connectivity index (χ1n) is 8.80. The second kappa shape index (κ2) is 6.87. The first-order chi connectivity index (χ1) is 11.1. The summed E-state index contributed by atoms with van der Waals surface area (Å²) >= 11 is 0. The van der Waals surface area contributed by atoms with Crippen molar-refractivity contribution in [3.63, 3.8) is 0 Å². The van der Waals surface area contributed by atoms with Crippen molar-refractivity contribution >= 4 is 11.7 Å². The summed E-state index contributed by atoms with van der Waals surface area (Å²) in [7, 11) is 0. The van der Waals surface area contributed by atoms with E-state index in [9.17, 15) is 4.79 Å². The third-order valence-electron chi connectivity index (χ3n) is 5.06. The van der Waals surface area contributed by atoms with Crippen LogP contribution in [0.3, 0.4) is 0 Å². The van der Waals surface area contributed by atoms with Gasteiger partial charge in [-0.15, -0.1) is 0 Å². The maximum Gasteiger partial charge on any atom is 0.252 e. The number of rotatable bonds is 5. The molecule has 1 saturated carbocycles. The second-order valence-electron chi connectivity index (χ2n) is 7.29. The number of amides is 1. The molecule has 2 fully saturated rings. The van der Waals surface area contributed by atoms with E-state index < -0.39 is 5.91 Å². The van der Waals surface area contributed by atoms with Gasteiger partial charge in [-0.3, -0.25) is 9.69 Å². The van der Waals surface area contributed by atoms with E-state index in [1.807, 2.05) is 0 Å². The zero-order valence-electron chi connectivity index (χ0n) is 14.2. The van der Waals surface area contributed by atoms with Gasteiger partial charge in [-0.1, -0.05) is 13.8 Å². The minimum absolute atomic E-state index is 0.395. The number of pyridine rings is 1. The van der Waals surface area contributed by atoms with Gasteiger partial charge >= 0.3 is 0 Å². The van der Waals surface area contributed by atoms with Crippen molar-refractivity contribution in [2.45, 2.75) is 39.2 Å². The zero-order chi connectivity index (χ0) is 16.4. The molecule has 3 rings (SSSR count). The van der Waals surface area contributed by atoms with Crippen LogP contribution in [0.4, 0.5) is 5.82 Å². The standard InChI is InChI=1S/C18H28N4O/c1-13(2)16-12-22(10-4-9-21(16)11-14-6-7-14)18-15(17(19)23)5-3-8-20-18/h3,5,8,13-14,16H,4,6-7,9-12H2,1-2H3,(H2,19,23)/t16-/m1/s1. The average Bonchev–Trinajstić information content (AvgIpc) is 3.34. The Morgan fingerprint density at radius 3 is 2.83 bits per heavy atom. The van der Waals surface area contributed by atoms with Crippen LogP contribution in [0.2, 0.25) is 0 Å². The minimum atomic E-state index is -0.395. The van der Waals surface area contributed by atoms with Gasteiger partial charge in [0.2, 0.25) is 0 Å². The molecule has 2 heterocycles. The molecule has 1 aromatic rings. The van der Waals surface area contributed by atoms with Crippen molar-refractivity contribution in [1.29, 1.82) is 0 Å². The van der Waals surface area contributed by atoms with Gasteiger partial charge in [-0.05, 0) is 43.2 Å². The topological polar surface area (TPSA) is 62.5 Å². The van der Waals surface area contributed by atoms with Gasteiger partial charge in [0, 0.05) is 38.4 Å². The molecule has 0 spiro atoms. The van der Waals surface area contributed by atoms with E-state index in [2.05, 4.69) is 28.6 Å². The lowest BCUT2D eigenvalue weighted by atomic mass is 10.0. The lowest BCUT2D eigenvalue weighted by Crippen LogP contribution is -2.45. The third kappa shape index (κ3) is 3.83. The Labute approximate surface area is 138 Å². The number of nitrogens with two attached hydrogens (primary N) is 1. The summed E-state index contributed by atoms with van der Waals surface area (Å²) in [5, 5.41) is 0. The normalized spacial score (nSPS) is 23.1. The Hall–Kier alpha value is -1.62. The van der Waals surface area contributed by atoms with Gasteiger partial charge in [0.1, 0.15) is 5.82 Å². The molecule has 2 N–H and O–H groups in total. The molecule has 23 heavy (non-hydrogen) atoms. The van der Waals surface area contributed by atoms with Gasteiger partial charge in [-0.2, -0.15) is 0 Å². The molecular weight excluding hydrogens is 288 g/mol. The van der Waals surface area contributed by atoms with Crippen molar-refractivity contribution in [3.05, 3.63) is 23.9 Å². The van der Waals surface area contributed by atoms with Gasteiger partial charge in [0.15, 0.2) is 0 Å². The van der Waals surface area contributed by atoms with Crippen LogP contribution >= 0.6 is 0 Å². The predicted molar refractivity (Wildman–Crippen MR) is 92.5 cm³/mol. The maximum absolute atomic E-state index is 11.7. The van der Waals surface area contributed by atoms with Crippen LogP contribution in [-0.2, 0) is 0 Å². The van der Waals surface area contributed by atoms with Gasteiger partial charge in [-0.25, -0.2) is 4.98 Å². The van der Waals surface area contributed by atoms with Crippen molar-refractivity contribution in [2.75, 3.05) is 31.1 Å². The largest absolute Gasteiger partial charge is 0.365 e. The second-order valence-corrected chi connectivity index (χ2v) is 7.29. The number of nitrogens with zero attached hydrogens (tertiary/aromatic N) is 3. The fraction of sp³-hybridized carbons (Fsp3) is 0.667. The van der Waals surface area contributed by atoms with Crippen LogP contribution in [0, 0.1) is 11.8 Å². The summed E-state index contributed by atoms with van der Waals surface area (Å²) in [6, 6.07) is 4.06. The SMILES string of the molecule is CC(C)[C@H]1CN(c2ncccc2C(N)=O)CCCN1CC1CC1. The molecule has 5 heteroatoms. The molecule has 1 amide bonds. The van der Waals surface area contributed by atoms with Gasteiger partial charge < -0.3 is 10.6 Å². The van der Waals surface area contributed by atoms with Crippen LogP contribution in [-0.4, -0.2) is 48.0 Å². The lowest BCUT2D eigenvalue weighted by molar-refractivity contribution is 0.100. The number of primary amides is 1. The summed E-state index contributed by atoms with van der Waals surface area (Å²) < 4.78 is 0. The first kappa shape index (κ1) is 16.2. The molecule has 1 aromatic heterocycles. The lowest BCUT2D eigenvalue weighted by Gasteiger charge is -2.35. The van der Waals surface area contributed by atoms with Crippen molar-refractivity contribution in [1.82, 2.24) is 9.88 Å². The number of anilines is 1. The Kier molecular flexibility index (Phi) is 4.85. The number of carbonyl (C=O) groups excluding carboxylic acids is 1. The van der Waals surface area contributed by atoms with Gasteiger partial charge in [0.05, 0.1) is 5.56 Å². The molecule has 1 aliphatic heterocycles.